The molecule has 3 aromatic rings. The summed E-state index contributed by atoms with van der Waals surface area (Å²) in [5, 5.41) is 9.04. The van der Waals surface area contributed by atoms with Crippen LogP contribution in [0.5, 0.6) is 0 Å². The van der Waals surface area contributed by atoms with Crippen molar-refractivity contribution in [1.82, 2.24) is 19.9 Å². The van der Waals surface area contributed by atoms with Gasteiger partial charge in [0, 0.05) is 12.7 Å². The highest BCUT2D eigenvalue weighted by molar-refractivity contribution is 5.89. The van der Waals surface area contributed by atoms with Crippen LogP contribution in [0.1, 0.15) is 54.9 Å². The second-order valence-electron chi connectivity index (χ2n) is 7.59. The number of hydrogen-bond acceptors (Lipinski definition) is 6. The number of nitrogens with one attached hydrogen (secondary N) is 1. The van der Waals surface area contributed by atoms with Gasteiger partial charge in [-0.2, -0.15) is 5.26 Å². The molecule has 1 amide bonds. The molecule has 1 aliphatic carbocycles. The second kappa shape index (κ2) is 6.85. The minimum absolute atomic E-state index is 0.0752. The zero-order chi connectivity index (χ0) is 20.0. The van der Waals surface area contributed by atoms with Crippen LogP contribution in [0.15, 0.2) is 24.4 Å². The molecular formula is C21H20N6O2. The van der Waals surface area contributed by atoms with Crippen molar-refractivity contribution in [1.29, 1.82) is 5.26 Å². The average Bonchev–Trinajstić information content (AvgIpc) is 3.46. The fourth-order valence-electron chi connectivity index (χ4n) is 3.61. The molecule has 1 saturated carbocycles. The molecule has 1 N–H and O–H groups in total. The van der Waals surface area contributed by atoms with E-state index < -0.39 is 0 Å². The molecule has 5 rings (SSSR count). The van der Waals surface area contributed by atoms with Gasteiger partial charge in [-0.15, -0.1) is 0 Å². The van der Waals surface area contributed by atoms with Gasteiger partial charge < -0.3 is 9.72 Å². The molecule has 29 heavy (non-hydrogen) atoms. The second-order valence-corrected chi connectivity index (χ2v) is 7.59. The first-order chi connectivity index (χ1) is 14.1. The predicted octanol–water partition coefficient (Wildman–Crippen LogP) is 3.43. The lowest BCUT2D eigenvalue weighted by Crippen LogP contribution is -2.36. The number of rotatable bonds is 3. The highest BCUT2D eigenvalue weighted by atomic mass is 16.6. The molecule has 1 fully saturated rings. The van der Waals surface area contributed by atoms with Crippen LogP contribution < -0.4 is 4.90 Å². The van der Waals surface area contributed by atoms with E-state index in [1.165, 1.54) is 6.20 Å². The maximum Gasteiger partial charge on any atom is 0.414 e. The number of hydrogen-bond donors (Lipinski definition) is 1. The Morgan fingerprint density at radius 1 is 1.38 bits per heavy atom. The number of fused-ring (bicyclic) bond motifs is 2. The number of pyridine rings is 2. The quantitative estimate of drug-likeness (QED) is 0.736. The molecule has 4 heterocycles. The van der Waals surface area contributed by atoms with Crippen molar-refractivity contribution in [2.24, 2.45) is 0 Å². The fourth-order valence-corrected chi connectivity index (χ4v) is 3.61. The molecule has 1 atom stereocenters. The van der Waals surface area contributed by atoms with Gasteiger partial charge in [0.05, 0.1) is 34.1 Å². The predicted molar refractivity (Wildman–Crippen MR) is 106 cm³/mol. The summed E-state index contributed by atoms with van der Waals surface area (Å²) >= 11 is 0. The zero-order valence-electron chi connectivity index (χ0n) is 16.1. The molecule has 3 aromatic heterocycles. The summed E-state index contributed by atoms with van der Waals surface area (Å²) in [6, 6.07) is 7.73. The van der Waals surface area contributed by atoms with E-state index in [1.54, 1.807) is 11.0 Å². The Morgan fingerprint density at radius 2 is 2.24 bits per heavy atom. The standard InChI is InChI=1S/C21H20N6O2/c1-12(19-25-17-9-13(10-22)11-23-20(17)26-19)15-6-7-18-16(24-15)3-2-8-27(18)21(28)29-14-4-5-14/h6-7,9,11-12,14H,2-5,8H2,1H3,(H,23,25,26). The first-order valence-corrected chi connectivity index (χ1v) is 9.86. The van der Waals surface area contributed by atoms with E-state index in [0.29, 0.717) is 17.8 Å². The van der Waals surface area contributed by atoms with Crippen molar-refractivity contribution in [2.75, 3.05) is 11.4 Å². The van der Waals surface area contributed by atoms with Crippen LogP contribution in [0.2, 0.25) is 0 Å². The van der Waals surface area contributed by atoms with Crippen molar-refractivity contribution in [3.63, 3.8) is 0 Å². The minimum atomic E-state index is -0.271. The normalized spacial score (nSPS) is 16.9. The fraction of sp³-hybridized carbons (Fsp3) is 0.381. The van der Waals surface area contributed by atoms with Gasteiger partial charge in [0.1, 0.15) is 18.0 Å². The van der Waals surface area contributed by atoms with Crippen LogP contribution in [0.4, 0.5) is 10.5 Å². The number of amides is 1. The molecule has 1 unspecified atom stereocenters. The summed E-state index contributed by atoms with van der Waals surface area (Å²) in [7, 11) is 0. The largest absolute Gasteiger partial charge is 0.446 e. The lowest BCUT2D eigenvalue weighted by Gasteiger charge is -2.28. The van der Waals surface area contributed by atoms with Gasteiger partial charge in [-0.25, -0.2) is 14.8 Å². The first kappa shape index (κ1) is 17.6. The molecular weight excluding hydrogens is 368 g/mol. The van der Waals surface area contributed by atoms with Gasteiger partial charge in [0.15, 0.2) is 5.65 Å². The van der Waals surface area contributed by atoms with E-state index in [4.69, 9.17) is 15.0 Å². The number of H-pyrrole nitrogens is 1. The van der Waals surface area contributed by atoms with Crippen molar-refractivity contribution in [2.45, 2.75) is 44.6 Å². The Balaban J connectivity index is 1.43. The number of aromatic nitrogens is 4. The maximum absolute atomic E-state index is 12.4. The summed E-state index contributed by atoms with van der Waals surface area (Å²) in [4.78, 5) is 31.0. The van der Waals surface area contributed by atoms with E-state index >= 15 is 0 Å². The van der Waals surface area contributed by atoms with E-state index in [9.17, 15) is 4.79 Å². The number of carbonyl (C=O) groups is 1. The third kappa shape index (κ3) is 3.29. The van der Waals surface area contributed by atoms with Gasteiger partial charge in [0.2, 0.25) is 0 Å². The Kier molecular flexibility index (Phi) is 4.16. The molecule has 8 nitrogen and oxygen atoms in total. The molecule has 8 heteroatoms. The SMILES string of the molecule is CC(c1ccc2c(n1)CCCN2C(=O)OC1CC1)c1nc2ncc(C#N)cc2[nH]1. The molecule has 146 valence electrons. The molecule has 0 spiro atoms. The van der Waals surface area contributed by atoms with Gasteiger partial charge in [-0.3, -0.25) is 9.88 Å². The summed E-state index contributed by atoms with van der Waals surface area (Å²) in [5.41, 5.74) is 4.43. The smallest absolute Gasteiger partial charge is 0.414 e. The van der Waals surface area contributed by atoms with Crippen molar-refractivity contribution >= 4 is 22.9 Å². The van der Waals surface area contributed by atoms with Crippen LogP contribution in [-0.4, -0.2) is 38.7 Å². The van der Waals surface area contributed by atoms with E-state index in [2.05, 4.69) is 21.0 Å². The Morgan fingerprint density at radius 3 is 3.03 bits per heavy atom. The zero-order valence-corrected chi connectivity index (χ0v) is 16.1. The van der Waals surface area contributed by atoms with E-state index in [-0.39, 0.29) is 18.1 Å². The minimum Gasteiger partial charge on any atom is -0.446 e. The molecule has 2 aliphatic rings. The van der Waals surface area contributed by atoms with Gasteiger partial charge in [0.25, 0.3) is 0 Å². The highest BCUT2D eigenvalue weighted by Gasteiger charge is 2.31. The van der Waals surface area contributed by atoms with Crippen LogP contribution in [-0.2, 0) is 11.2 Å². The molecule has 0 aromatic carbocycles. The summed E-state index contributed by atoms with van der Waals surface area (Å²) < 4.78 is 5.47. The van der Waals surface area contributed by atoms with Crippen molar-refractivity contribution in [3.05, 3.63) is 47.2 Å². The summed E-state index contributed by atoms with van der Waals surface area (Å²) in [6.45, 7) is 2.69. The van der Waals surface area contributed by atoms with Gasteiger partial charge in [-0.05, 0) is 50.8 Å². The molecule has 1 aliphatic heterocycles. The van der Waals surface area contributed by atoms with Crippen molar-refractivity contribution in [3.8, 4) is 6.07 Å². The third-order valence-electron chi connectivity index (χ3n) is 5.41. The monoisotopic (exact) mass is 388 g/mol. The lowest BCUT2D eigenvalue weighted by molar-refractivity contribution is 0.146. The van der Waals surface area contributed by atoms with Crippen LogP contribution >= 0.6 is 0 Å². The number of anilines is 1. The Bertz CT molecular complexity index is 1140. The number of nitriles is 1. The van der Waals surface area contributed by atoms with Crippen LogP contribution in [0.3, 0.4) is 0 Å². The van der Waals surface area contributed by atoms with Crippen LogP contribution in [0.25, 0.3) is 11.2 Å². The number of nitrogens with zero attached hydrogens (tertiary/aromatic N) is 5. The average molecular weight is 388 g/mol. The topological polar surface area (TPSA) is 108 Å². The Labute approximate surface area is 167 Å². The highest BCUT2D eigenvalue weighted by Crippen LogP contribution is 2.32. The first-order valence-electron chi connectivity index (χ1n) is 9.86. The number of aromatic amines is 1. The summed E-state index contributed by atoms with van der Waals surface area (Å²) in [6.07, 6.45) is 4.95. The Hall–Kier alpha value is -3.47. The summed E-state index contributed by atoms with van der Waals surface area (Å²) in [5.74, 6) is 0.671. The number of aryl methyl sites for hydroxylation is 1. The number of carbonyl (C=O) groups excluding carboxylic acids is 1. The van der Waals surface area contributed by atoms with E-state index in [1.807, 2.05) is 19.1 Å². The molecule has 0 bridgehead atoms. The number of ether oxygens (including phenoxy) is 1. The molecule has 0 saturated heterocycles. The van der Waals surface area contributed by atoms with Crippen molar-refractivity contribution < 1.29 is 9.53 Å². The third-order valence-corrected chi connectivity index (χ3v) is 5.41. The van der Waals surface area contributed by atoms with E-state index in [0.717, 1.165) is 54.1 Å². The maximum atomic E-state index is 12.4. The number of imidazole rings is 1. The molecule has 0 radical (unpaired) electrons. The van der Waals surface area contributed by atoms with Gasteiger partial charge in [-0.1, -0.05) is 0 Å². The van der Waals surface area contributed by atoms with Gasteiger partial charge >= 0.3 is 6.09 Å². The van der Waals surface area contributed by atoms with Crippen LogP contribution in [0, 0.1) is 11.3 Å². The lowest BCUT2D eigenvalue weighted by atomic mass is 10.0.